The lowest BCUT2D eigenvalue weighted by Gasteiger charge is -2.18. The van der Waals surface area contributed by atoms with Crippen LogP contribution in [0, 0.1) is 0 Å². The summed E-state index contributed by atoms with van der Waals surface area (Å²) in [5, 5.41) is 23.8. The molecule has 0 unspecified atom stereocenters. The predicted molar refractivity (Wildman–Crippen MR) is 45.7 cm³/mol. The van der Waals surface area contributed by atoms with Crippen LogP contribution in [0.4, 0.5) is 0 Å². The zero-order valence-corrected chi connectivity index (χ0v) is 7.53. The van der Waals surface area contributed by atoms with Gasteiger partial charge in [0.05, 0.1) is 6.61 Å². The number of H-pyrrole nitrogens is 1. The van der Waals surface area contributed by atoms with E-state index in [1.54, 1.807) is 13.8 Å². The molecule has 1 rings (SSSR count). The molecular weight excluding hydrogens is 172 g/mol. The van der Waals surface area contributed by atoms with Crippen LogP contribution in [0.3, 0.4) is 0 Å². The molecule has 0 atom stereocenters. The molecule has 5 nitrogen and oxygen atoms in total. The molecule has 1 aromatic heterocycles. The maximum Gasteiger partial charge on any atom is 0.356 e. The molecule has 0 aliphatic carbocycles. The number of rotatable bonds is 3. The molecular formula is C8H12N2O3. The summed E-state index contributed by atoms with van der Waals surface area (Å²) in [5.41, 5.74) is 0.102. The molecule has 1 heterocycles. The number of aliphatic hydroxyl groups excluding tert-OH is 1. The van der Waals surface area contributed by atoms with Crippen molar-refractivity contribution in [1.29, 1.82) is 0 Å². The van der Waals surface area contributed by atoms with E-state index >= 15 is 0 Å². The number of carboxylic acids is 1. The lowest BCUT2D eigenvalue weighted by atomic mass is 9.90. The van der Waals surface area contributed by atoms with E-state index in [0.717, 1.165) is 0 Å². The maximum atomic E-state index is 10.5. The van der Waals surface area contributed by atoms with Gasteiger partial charge in [-0.05, 0) is 6.07 Å². The number of nitrogens with one attached hydrogen (secondary N) is 1. The van der Waals surface area contributed by atoms with E-state index in [1.807, 2.05) is 0 Å². The van der Waals surface area contributed by atoms with Crippen molar-refractivity contribution in [2.45, 2.75) is 19.3 Å². The molecule has 0 aliphatic rings. The number of hydrogen-bond acceptors (Lipinski definition) is 3. The normalized spacial score (nSPS) is 11.6. The van der Waals surface area contributed by atoms with Gasteiger partial charge in [-0.1, -0.05) is 13.8 Å². The number of aromatic amines is 1. The van der Waals surface area contributed by atoms with Gasteiger partial charge in [0.25, 0.3) is 0 Å². The molecule has 3 N–H and O–H groups in total. The third-order valence-electron chi connectivity index (χ3n) is 1.92. The van der Waals surface area contributed by atoms with Gasteiger partial charge in [0.1, 0.15) is 0 Å². The summed E-state index contributed by atoms with van der Waals surface area (Å²) < 4.78 is 0. The van der Waals surface area contributed by atoms with Crippen molar-refractivity contribution in [2.24, 2.45) is 0 Å². The average molecular weight is 184 g/mol. The third kappa shape index (κ3) is 1.86. The van der Waals surface area contributed by atoms with Crippen LogP contribution < -0.4 is 0 Å². The average Bonchev–Trinajstić information content (AvgIpc) is 2.52. The molecule has 0 saturated carbocycles. The molecule has 0 aliphatic heterocycles. The summed E-state index contributed by atoms with van der Waals surface area (Å²) in [6.07, 6.45) is 0. The fourth-order valence-electron chi connectivity index (χ4n) is 0.863. The monoisotopic (exact) mass is 184 g/mol. The largest absolute Gasteiger partial charge is 0.476 e. The lowest BCUT2D eigenvalue weighted by molar-refractivity contribution is 0.0690. The maximum absolute atomic E-state index is 10.5. The number of aliphatic hydroxyl groups is 1. The van der Waals surface area contributed by atoms with Gasteiger partial charge in [0, 0.05) is 11.1 Å². The highest BCUT2D eigenvalue weighted by Crippen LogP contribution is 2.20. The standard InChI is InChI=1S/C8H12N2O3/c1-8(2,4-11)6-3-5(7(12)13)9-10-6/h3,11H,4H2,1-2H3,(H,9,10)(H,12,13). The second kappa shape index (κ2) is 3.18. The van der Waals surface area contributed by atoms with E-state index in [9.17, 15) is 4.79 Å². The van der Waals surface area contributed by atoms with Crippen LogP contribution in [0.25, 0.3) is 0 Å². The van der Waals surface area contributed by atoms with Crippen LogP contribution in [0.15, 0.2) is 6.07 Å². The Labute approximate surface area is 75.4 Å². The van der Waals surface area contributed by atoms with Gasteiger partial charge in [-0.15, -0.1) is 0 Å². The molecule has 1 aromatic rings. The van der Waals surface area contributed by atoms with Crippen LogP contribution in [0.5, 0.6) is 0 Å². The zero-order chi connectivity index (χ0) is 10.1. The molecule has 0 fully saturated rings. The molecule has 72 valence electrons. The highest BCUT2D eigenvalue weighted by molar-refractivity contribution is 5.85. The van der Waals surface area contributed by atoms with Crippen LogP contribution in [-0.2, 0) is 5.41 Å². The van der Waals surface area contributed by atoms with Crippen molar-refractivity contribution in [3.05, 3.63) is 17.5 Å². The zero-order valence-electron chi connectivity index (χ0n) is 7.53. The minimum atomic E-state index is -1.07. The SMILES string of the molecule is CC(C)(CO)c1cc(C(=O)O)n[nH]1. The van der Waals surface area contributed by atoms with Crippen molar-refractivity contribution in [2.75, 3.05) is 6.61 Å². The molecule has 0 aromatic carbocycles. The van der Waals surface area contributed by atoms with Crippen molar-refractivity contribution in [3.63, 3.8) is 0 Å². The fraction of sp³-hybridized carbons (Fsp3) is 0.500. The molecule has 0 bridgehead atoms. The minimum Gasteiger partial charge on any atom is -0.476 e. The first kappa shape index (κ1) is 9.73. The van der Waals surface area contributed by atoms with E-state index < -0.39 is 11.4 Å². The highest BCUT2D eigenvalue weighted by atomic mass is 16.4. The number of nitrogens with zero attached hydrogens (tertiary/aromatic N) is 1. The van der Waals surface area contributed by atoms with Crippen molar-refractivity contribution in [3.8, 4) is 0 Å². The van der Waals surface area contributed by atoms with E-state index in [-0.39, 0.29) is 12.3 Å². The number of aromatic nitrogens is 2. The number of carboxylic acid groups (broad SMARTS) is 1. The molecule has 0 amide bonds. The molecule has 5 heteroatoms. The van der Waals surface area contributed by atoms with Gasteiger partial charge in [0.2, 0.25) is 0 Å². The number of aromatic carboxylic acids is 1. The molecule has 13 heavy (non-hydrogen) atoms. The molecule has 0 radical (unpaired) electrons. The van der Waals surface area contributed by atoms with Gasteiger partial charge in [0.15, 0.2) is 5.69 Å². The van der Waals surface area contributed by atoms with Gasteiger partial charge < -0.3 is 10.2 Å². The van der Waals surface area contributed by atoms with Crippen LogP contribution >= 0.6 is 0 Å². The third-order valence-corrected chi connectivity index (χ3v) is 1.92. The Hall–Kier alpha value is -1.36. The quantitative estimate of drug-likeness (QED) is 0.633. The second-order valence-electron chi connectivity index (χ2n) is 3.51. The smallest absolute Gasteiger partial charge is 0.356 e. The summed E-state index contributed by atoms with van der Waals surface area (Å²) in [7, 11) is 0. The topological polar surface area (TPSA) is 86.2 Å². The highest BCUT2D eigenvalue weighted by Gasteiger charge is 2.23. The number of carbonyl (C=O) groups is 1. The van der Waals surface area contributed by atoms with Crippen molar-refractivity contribution in [1.82, 2.24) is 10.2 Å². The van der Waals surface area contributed by atoms with Gasteiger partial charge in [-0.2, -0.15) is 5.10 Å². The van der Waals surface area contributed by atoms with Crippen LogP contribution in [0.2, 0.25) is 0 Å². The summed E-state index contributed by atoms with van der Waals surface area (Å²) in [6.45, 7) is 3.53. The van der Waals surface area contributed by atoms with Crippen LogP contribution in [-0.4, -0.2) is 33.0 Å². The van der Waals surface area contributed by atoms with Crippen molar-refractivity contribution < 1.29 is 15.0 Å². The Morgan fingerprint density at radius 1 is 1.69 bits per heavy atom. The Morgan fingerprint density at radius 2 is 2.31 bits per heavy atom. The van der Waals surface area contributed by atoms with E-state index in [4.69, 9.17) is 10.2 Å². The first-order valence-corrected chi connectivity index (χ1v) is 3.87. The number of hydrogen-bond donors (Lipinski definition) is 3. The van der Waals surface area contributed by atoms with Gasteiger partial charge >= 0.3 is 5.97 Å². The Balaban J connectivity index is 2.98. The first-order chi connectivity index (χ1) is 5.97. The molecule has 0 saturated heterocycles. The summed E-state index contributed by atoms with van der Waals surface area (Å²) in [6, 6.07) is 1.43. The second-order valence-corrected chi connectivity index (χ2v) is 3.51. The Morgan fingerprint density at radius 3 is 2.69 bits per heavy atom. The predicted octanol–water partition coefficient (Wildman–Crippen LogP) is 0.378. The summed E-state index contributed by atoms with van der Waals surface area (Å²) in [5.74, 6) is -1.07. The van der Waals surface area contributed by atoms with E-state index in [0.29, 0.717) is 5.69 Å². The van der Waals surface area contributed by atoms with E-state index in [1.165, 1.54) is 6.07 Å². The Kier molecular flexibility index (Phi) is 2.38. The van der Waals surface area contributed by atoms with Gasteiger partial charge in [-0.25, -0.2) is 4.79 Å². The Bertz CT molecular complexity index is 317. The minimum absolute atomic E-state index is 0.0310. The van der Waals surface area contributed by atoms with E-state index in [2.05, 4.69) is 10.2 Å². The van der Waals surface area contributed by atoms with Crippen LogP contribution in [0.1, 0.15) is 30.0 Å². The summed E-state index contributed by atoms with van der Waals surface area (Å²) in [4.78, 5) is 10.5. The summed E-state index contributed by atoms with van der Waals surface area (Å²) >= 11 is 0. The van der Waals surface area contributed by atoms with Gasteiger partial charge in [-0.3, -0.25) is 5.10 Å². The first-order valence-electron chi connectivity index (χ1n) is 3.87. The van der Waals surface area contributed by atoms with Crippen molar-refractivity contribution >= 4 is 5.97 Å². The lowest BCUT2D eigenvalue weighted by Crippen LogP contribution is -2.22. The fourth-order valence-corrected chi connectivity index (χ4v) is 0.863. The molecule has 0 spiro atoms.